The van der Waals surface area contributed by atoms with Gasteiger partial charge in [0.2, 0.25) is 0 Å². The number of rotatable bonds is 1. The fourth-order valence-electron chi connectivity index (χ4n) is 2.46. The predicted molar refractivity (Wildman–Crippen MR) is 69.0 cm³/mol. The number of benzene rings is 1. The molecule has 0 radical (unpaired) electrons. The summed E-state index contributed by atoms with van der Waals surface area (Å²) in [6, 6.07) is 6.31. The Labute approximate surface area is 107 Å². The van der Waals surface area contributed by atoms with Crippen molar-refractivity contribution in [2.75, 3.05) is 26.7 Å². The van der Waals surface area contributed by atoms with Gasteiger partial charge >= 0.3 is 0 Å². The molecule has 0 spiro atoms. The molecule has 0 N–H and O–H groups in total. The molecule has 18 heavy (non-hydrogen) atoms. The van der Waals surface area contributed by atoms with Crippen molar-refractivity contribution in [3.05, 3.63) is 35.6 Å². The van der Waals surface area contributed by atoms with Crippen LogP contribution in [0.3, 0.4) is 0 Å². The largest absolute Gasteiger partial charge is 0.335 e. The van der Waals surface area contributed by atoms with Crippen LogP contribution < -0.4 is 0 Å². The van der Waals surface area contributed by atoms with Crippen molar-refractivity contribution in [3.63, 3.8) is 0 Å². The molecule has 1 aromatic carbocycles. The van der Waals surface area contributed by atoms with E-state index in [2.05, 4.69) is 4.90 Å². The maximum absolute atomic E-state index is 13.6. The summed E-state index contributed by atoms with van der Waals surface area (Å²) in [6.45, 7) is 4.52. The van der Waals surface area contributed by atoms with Gasteiger partial charge in [-0.25, -0.2) is 4.39 Å². The molecular formula is C14H19FN2O. The Hall–Kier alpha value is -1.42. The molecule has 4 heteroatoms. The second-order valence-corrected chi connectivity index (χ2v) is 4.94. The smallest absolute Gasteiger partial charge is 0.257 e. The third-order valence-corrected chi connectivity index (χ3v) is 3.41. The molecular weight excluding hydrogens is 231 g/mol. The third kappa shape index (κ3) is 2.70. The van der Waals surface area contributed by atoms with Gasteiger partial charge in [-0.1, -0.05) is 12.1 Å². The van der Waals surface area contributed by atoms with E-state index in [-0.39, 0.29) is 17.5 Å². The van der Waals surface area contributed by atoms with Gasteiger partial charge in [0.05, 0.1) is 5.56 Å². The SMILES string of the molecule is CC1CN(C)CCCN1C(=O)c1ccccc1F. The number of hydrogen-bond acceptors (Lipinski definition) is 2. The molecule has 1 fully saturated rings. The van der Waals surface area contributed by atoms with Crippen LogP contribution in [0, 0.1) is 5.82 Å². The van der Waals surface area contributed by atoms with Crippen LogP contribution in [0.15, 0.2) is 24.3 Å². The molecule has 0 aromatic heterocycles. The topological polar surface area (TPSA) is 23.6 Å². The molecule has 0 bridgehead atoms. The number of hydrogen-bond donors (Lipinski definition) is 0. The predicted octanol–water partition coefficient (Wildman–Crippen LogP) is 1.99. The van der Waals surface area contributed by atoms with Crippen LogP contribution in [0.5, 0.6) is 0 Å². The van der Waals surface area contributed by atoms with Crippen molar-refractivity contribution in [2.45, 2.75) is 19.4 Å². The summed E-state index contributed by atoms with van der Waals surface area (Å²) in [4.78, 5) is 16.3. The molecule has 1 aromatic rings. The second kappa shape index (κ2) is 5.48. The number of carbonyl (C=O) groups excluding carboxylic acids is 1. The zero-order valence-corrected chi connectivity index (χ0v) is 10.9. The Morgan fingerprint density at radius 2 is 2.06 bits per heavy atom. The van der Waals surface area contributed by atoms with Gasteiger partial charge in [-0.3, -0.25) is 4.79 Å². The lowest BCUT2D eigenvalue weighted by atomic mass is 10.1. The molecule has 1 saturated heterocycles. The fourth-order valence-corrected chi connectivity index (χ4v) is 2.46. The van der Waals surface area contributed by atoms with Gasteiger partial charge in [0.1, 0.15) is 5.82 Å². The Morgan fingerprint density at radius 1 is 1.33 bits per heavy atom. The molecule has 1 heterocycles. The van der Waals surface area contributed by atoms with Gasteiger partial charge in [-0.05, 0) is 39.1 Å². The minimum absolute atomic E-state index is 0.115. The molecule has 1 aliphatic heterocycles. The standard InChI is InChI=1S/C14H19FN2O/c1-11-10-16(2)8-5-9-17(11)14(18)12-6-3-4-7-13(12)15/h3-4,6-7,11H,5,8-10H2,1-2H3. The van der Waals surface area contributed by atoms with Crippen LogP contribution in [-0.4, -0.2) is 48.4 Å². The zero-order chi connectivity index (χ0) is 13.1. The Morgan fingerprint density at radius 3 is 2.78 bits per heavy atom. The highest BCUT2D eigenvalue weighted by Gasteiger charge is 2.26. The molecule has 1 aliphatic rings. The Bertz CT molecular complexity index is 436. The first kappa shape index (κ1) is 13.0. The summed E-state index contributed by atoms with van der Waals surface area (Å²) >= 11 is 0. The summed E-state index contributed by atoms with van der Waals surface area (Å²) in [5.74, 6) is -0.636. The quantitative estimate of drug-likeness (QED) is 0.761. The maximum Gasteiger partial charge on any atom is 0.257 e. The van der Waals surface area contributed by atoms with Crippen LogP contribution in [0.4, 0.5) is 4.39 Å². The van der Waals surface area contributed by atoms with Crippen molar-refractivity contribution in [2.24, 2.45) is 0 Å². The normalized spacial score (nSPS) is 21.7. The van der Waals surface area contributed by atoms with E-state index in [9.17, 15) is 9.18 Å². The highest BCUT2D eigenvalue weighted by atomic mass is 19.1. The minimum atomic E-state index is -0.438. The van der Waals surface area contributed by atoms with Crippen molar-refractivity contribution in [1.29, 1.82) is 0 Å². The fraction of sp³-hybridized carbons (Fsp3) is 0.500. The lowest BCUT2D eigenvalue weighted by molar-refractivity contribution is 0.0692. The number of amides is 1. The zero-order valence-electron chi connectivity index (χ0n) is 10.9. The maximum atomic E-state index is 13.6. The van der Waals surface area contributed by atoms with Crippen LogP contribution in [0.2, 0.25) is 0 Å². The lowest BCUT2D eigenvalue weighted by Gasteiger charge is -2.28. The minimum Gasteiger partial charge on any atom is -0.335 e. The molecule has 98 valence electrons. The summed E-state index contributed by atoms with van der Waals surface area (Å²) < 4.78 is 13.6. The van der Waals surface area contributed by atoms with Crippen molar-refractivity contribution in [3.8, 4) is 0 Å². The summed E-state index contributed by atoms with van der Waals surface area (Å²) in [5, 5.41) is 0. The van der Waals surface area contributed by atoms with Crippen LogP contribution in [0.25, 0.3) is 0 Å². The number of nitrogens with zero attached hydrogens (tertiary/aromatic N) is 2. The van der Waals surface area contributed by atoms with E-state index in [4.69, 9.17) is 0 Å². The van der Waals surface area contributed by atoms with Gasteiger partial charge in [-0.15, -0.1) is 0 Å². The molecule has 3 nitrogen and oxygen atoms in total. The van der Waals surface area contributed by atoms with Gasteiger partial charge in [0.15, 0.2) is 0 Å². The molecule has 1 amide bonds. The van der Waals surface area contributed by atoms with E-state index < -0.39 is 5.82 Å². The van der Waals surface area contributed by atoms with Gasteiger partial charge in [0, 0.05) is 19.1 Å². The van der Waals surface area contributed by atoms with E-state index in [0.29, 0.717) is 6.54 Å². The average Bonchev–Trinajstić information content (AvgIpc) is 2.50. The second-order valence-electron chi connectivity index (χ2n) is 4.94. The van der Waals surface area contributed by atoms with Gasteiger partial charge in [0.25, 0.3) is 5.91 Å². The van der Waals surface area contributed by atoms with E-state index in [0.717, 1.165) is 19.5 Å². The van der Waals surface area contributed by atoms with E-state index in [1.807, 2.05) is 14.0 Å². The third-order valence-electron chi connectivity index (χ3n) is 3.41. The highest BCUT2D eigenvalue weighted by Crippen LogP contribution is 2.15. The van der Waals surface area contributed by atoms with E-state index >= 15 is 0 Å². The van der Waals surface area contributed by atoms with Crippen molar-refractivity contribution in [1.82, 2.24) is 9.80 Å². The van der Waals surface area contributed by atoms with Crippen molar-refractivity contribution >= 4 is 5.91 Å². The number of likely N-dealkylation sites (N-methyl/N-ethyl adjacent to an activating group) is 1. The average molecular weight is 250 g/mol. The van der Waals surface area contributed by atoms with Crippen LogP contribution in [-0.2, 0) is 0 Å². The van der Waals surface area contributed by atoms with Crippen LogP contribution in [0.1, 0.15) is 23.7 Å². The van der Waals surface area contributed by atoms with E-state index in [1.54, 1.807) is 23.1 Å². The highest BCUT2D eigenvalue weighted by molar-refractivity contribution is 5.94. The van der Waals surface area contributed by atoms with Crippen molar-refractivity contribution < 1.29 is 9.18 Å². The first-order valence-electron chi connectivity index (χ1n) is 6.33. The molecule has 2 rings (SSSR count). The molecule has 0 aliphatic carbocycles. The summed E-state index contributed by atoms with van der Waals surface area (Å²) in [5.41, 5.74) is 0.175. The first-order valence-corrected chi connectivity index (χ1v) is 6.33. The lowest BCUT2D eigenvalue weighted by Crippen LogP contribution is -2.42. The monoisotopic (exact) mass is 250 g/mol. The summed E-state index contributed by atoms with van der Waals surface area (Å²) in [7, 11) is 2.05. The Kier molecular flexibility index (Phi) is 3.97. The first-order chi connectivity index (χ1) is 8.59. The number of carbonyl (C=O) groups is 1. The van der Waals surface area contributed by atoms with E-state index in [1.165, 1.54) is 6.07 Å². The molecule has 1 unspecified atom stereocenters. The molecule has 1 atom stereocenters. The van der Waals surface area contributed by atoms with Crippen LogP contribution >= 0.6 is 0 Å². The number of halogens is 1. The summed E-state index contributed by atoms with van der Waals surface area (Å²) in [6.07, 6.45) is 0.932. The Balaban J connectivity index is 2.20. The molecule has 0 saturated carbocycles. The van der Waals surface area contributed by atoms with Gasteiger partial charge < -0.3 is 9.80 Å². The van der Waals surface area contributed by atoms with Gasteiger partial charge in [-0.2, -0.15) is 0 Å².